The predicted molar refractivity (Wildman–Crippen MR) is 168 cm³/mol. The van der Waals surface area contributed by atoms with E-state index in [9.17, 15) is 23.1 Å². The molecule has 2 aliphatic heterocycles. The Morgan fingerprint density at radius 3 is 2.45 bits per heavy atom. The van der Waals surface area contributed by atoms with Crippen molar-refractivity contribution in [1.82, 2.24) is 20.3 Å². The van der Waals surface area contributed by atoms with E-state index in [0.29, 0.717) is 49.2 Å². The maximum absolute atomic E-state index is 14.0. The monoisotopic (exact) mass is 646 g/mol. The number of hydrogen-bond donors (Lipinski definition) is 4. The molecular formula is C32H43ClN4O6S. The number of halogens is 1. The summed E-state index contributed by atoms with van der Waals surface area (Å²) < 4.78 is 34.1. The van der Waals surface area contributed by atoms with Crippen molar-refractivity contribution in [3.05, 3.63) is 65.2 Å². The number of piperazine rings is 1. The summed E-state index contributed by atoms with van der Waals surface area (Å²) in [7, 11) is -3.62. The third kappa shape index (κ3) is 7.92. The summed E-state index contributed by atoms with van der Waals surface area (Å²) in [6, 6.07) is 14.6. The molecule has 240 valence electrons. The zero-order chi connectivity index (χ0) is 31.1. The van der Waals surface area contributed by atoms with Crippen LogP contribution in [0.1, 0.15) is 56.4 Å². The highest BCUT2D eigenvalue weighted by atomic mass is 35.5. The Morgan fingerprint density at radius 2 is 1.75 bits per heavy atom. The molecule has 5 rings (SSSR count). The molecule has 2 unspecified atom stereocenters. The van der Waals surface area contributed by atoms with Gasteiger partial charge < -0.3 is 25.8 Å². The number of rotatable bonds is 11. The second-order valence-corrected chi connectivity index (χ2v) is 14.5. The van der Waals surface area contributed by atoms with Gasteiger partial charge >= 0.3 is 6.09 Å². The molecule has 2 amide bonds. The van der Waals surface area contributed by atoms with Gasteiger partial charge in [-0.15, -0.1) is 0 Å². The van der Waals surface area contributed by atoms with Crippen LogP contribution in [-0.4, -0.2) is 80.8 Å². The summed E-state index contributed by atoms with van der Waals surface area (Å²) in [5.41, 5.74) is 0.864. The number of nitrogens with one attached hydrogen (secondary N) is 3. The van der Waals surface area contributed by atoms with Gasteiger partial charge in [0.1, 0.15) is 6.04 Å². The van der Waals surface area contributed by atoms with Crippen LogP contribution in [0.2, 0.25) is 5.02 Å². The van der Waals surface area contributed by atoms with Crippen LogP contribution in [0.5, 0.6) is 0 Å². The van der Waals surface area contributed by atoms with Crippen molar-refractivity contribution >= 4 is 33.6 Å². The quantitative estimate of drug-likeness (QED) is 0.287. The second kappa shape index (κ2) is 15.1. The van der Waals surface area contributed by atoms with Gasteiger partial charge in [-0.2, -0.15) is 4.31 Å². The molecule has 10 nitrogen and oxygen atoms in total. The Hall–Kier alpha value is -2.70. The maximum atomic E-state index is 14.0. The number of carbonyl (C=O) groups is 2. The van der Waals surface area contributed by atoms with Crippen LogP contribution in [0.15, 0.2) is 59.5 Å². The second-order valence-electron chi connectivity index (χ2n) is 12.1. The summed E-state index contributed by atoms with van der Waals surface area (Å²) in [5, 5.41) is 19.5. The SMILES string of the molecule is O=C(O)N[C@H](C(=O)NC1CCCC1CC[C@H]1CNCCN1S(=O)(=O)c1ccccc1)[C@@H](c1ccc(Cl)cc1)C1CCOCC1. The van der Waals surface area contributed by atoms with E-state index < -0.39 is 22.2 Å². The molecule has 3 aliphatic rings. The third-order valence-electron chi connectivity index (χ3n) is 9.45. The van der Waals surface area contributed by atoms with Crippen molar-refractivity contribution in [2.24, 2.45) is 11.8 Å². The minimum absolute atomic E-state index is 0.0586. The van der Waals surface area contributed by atoms with E-state index >= 15 is 0 Å². The molecule has 0 bridgehead atoms. The lowest BCUT2D eigenvalue weighted by atomic mass is 9.76. The Bertz CT molecular complexity index is 1360. The molecule has 1 saturated carbocycles. The van der Waals surface area contributed by atoms with Gasteiger partial charge in [-0.3, -0.25) is 4.79 Å². The van der Waals surface area contributed by atoms with E-state index in [1.54, 1.807) is 46.8 Å². The highest BCUT2D eigenvalue weighted by molar-refractivity contribution is 7.89. The van der Waals surface area contributed by atoms with Crippen molar-refractivity contribution in [3.63, 3.8) is 0 Å². The molecule has 2 saturated heterocycles. The number of amides is 2. The zero-order valence-corrected chi connectivity index (χ0v) is 26.4. The minimum atomic E-state index is -3.62. The summed E-state index contributed by atoms with van der Waals surface area (Å²) in [4.78, 5) is 26.2. The van der Waals surface area contributed by atoms with Crippen molar-refractivity contribution in [1.29, 1.82) is 0 Å². The van der Waals surface area contributed by atoms with E-state index in [-0.39, 0.29) is 35.7 Å². The Labute approximate surface area is 264 Å². The van der Waals surface area contributed by atoms with Gasteiger partial charge in [0.05, 0.1) is 4.90 Å². The molecule has 5 atom stereocenters. The lowest BCUT2D eigenvalue weighted by Gasteiger charge is -2.37. The van der Waals surface area contributed by atoms with Crippen molar-refractivity contribution in [3.8, 4) is 0 Å². The van der Waals surface area contributed by atoms with Gasteiger partial charge in [0.15, 0.2) is 0 Å². The molecule has 0 radical (unpaired) electrons. The average Bonchev–Trinajstić information content (AvgIpc) is 3.48. The summed E-state index contributed by atoms with van der Waals surface area (Å²) >= 11 is 6.16. The van der Waals surface area contributed by atoms with Crippen LogP contribution < -0.4 is 16.0 Å². The number of hydrogen-bond acceptors (Lipinski definition) is 6. The van der Waals surface area contributed by atoms with Crippen LogP contribution in [0.4, 0.5) is 4.79 Å². The van der Waals surface area contributed by atoms with Crippen LogP contribution >= 0.6 is 11.6 Å². The van der Waals surface area contributed by atoms with Gasteiger partial charge in [0.2, 0.25) is 15.9 Å². The normalized spacial score (nSPS) is 24.8. The molecule has 4 N–H and O–H groups in total. The molecular weight excluding hydrogens is 604 g/mol. The summed E-state index contributed by atoms with van der Waals surface area (Å²) in [6.45, 7) is 2.72. The molecule has 0 aromatic heterocycles. The smallest absolute Gasteiger partial charge is 0.405 e. The van der Waals surface area contributed by atoms with Gasteiger partial charge in [0, 0.05) is 55.9 Å². The number of ether oxygens (including phenoxy) is 1. The van der Waals surface area contributed by atoms with Crippen LogP contribution in [0.25, 0.3) is 0 Å². The number of nitrogens with zero attached hydrogens (tertiary/aromatic N) is 1. The molecule has 2 aromatic carbocycles. The Kier molecular flexibility index (Phi) is 11.2. The van der Waals surface area contributed by atoms with E-state index in [0.717, 1.165) is 44.1 Å². The van der Waals surface area contributed by atoms with E-state index in [1.165, 1.54) is 0 Å². The Balaban J connectivity index is 1.29. The Morgan fingerprint density at radius 1 is 1.02 bits per heavy atom. The third-order valence-corrected chi connectivity index (χ3v) is 11.7. The van der Waals surface area contributed by atoms with Crippen molar-refractivity contribution < 1.29 is 27.9 Å². The molecule has 12 heteroatoms. The average molecular weight is 647 g/mol. The van der Waals surface area contributed by atoms with Crippen LogP contribution in [0, 0.1) is 11.8 Å². The first-order valence-corrected chi connectivity index (χ1v) is 17.5. The predicted octanol–water partition coefficient (Wildman–Crippen LogP) is 4.21. The first kappa shape index (κ1) is 32.7. The summed E-state index contributed by atoms with van der Waals surface area (Å²) in [5.74, 6) is -0.478. The molecule has 44 heavy (non-hydrogen) atoms. The highest BCUT2D eigenvalue weighted by Crippen LogP contribution is 2.37. The van der Waals surface area contributed by atoms with Gasteiger partial charge in [-0.05, 0) is 80.2 Å². The fourth-order valence-electron chi connectivity index (χ4n) is 7.23. The molecule has 2 heterocycles. The van der Waals surface area contributed by atoms with Crippen LogP contribution in [-0.2, 0) is 19.6 Å². The highest BCUT2D eigenvalue weighted by Gasteiger charge is 2.40. The number of sulfonamides is 1. The van der Waals surface area contributed by atoms with E-state index in [2.05, 4.69) is 16.0 Å². The topological polar surface area (TPSA) is 137 Å². The number of benzene rings is 2. The number of carboxylic acid groups (broad SMARTS) is 1. The first-order chi connectivity index (χ1) is 21.2. The van der Waals surface area contributed by atoms with Crippen molar-refractivity contribution in [2.45, 2.75) is 73.9 Å². The lowest BCUT2D eigenvalue weighted by molar-refractivity contribution is -0.125. The zero-order valence-electron chi connectivity index (χ0n) is 24.9. The molecule has 2 aromatic rings. The fourth-order valence-corrected chi connectivity index (χ4v) is 9.03. The van der Waals surface area contributed by atoms with Crippen molar-refractivity contribution in [2.75, 3.05) is 32.8 Å². The lowest BCUT2D eigenvalue weighted by Crippen LogP contribution is -2.55. The first-order valence-electron chi connectivity index (χ1n) is 15.6. The number of carbonyl (C=O) groups excluding carboxylic acids is 1. The van der Waals surface area contributed by atoms with E-state index in [4.69, 9.17) is 16.3 Å². The maximum Gasteiger partial charge on any atom is 0.405 e. The van der Waals surface area contributed by atoms with Gasteiger partial charge in [-0.1, -0.05) is 48.4 Å². The van der Waals surface area contributed by atoms with Gasteiger partial charge in [0.25, 0.3) is 0 Å². The molecule has 0 spiro atoms. The fraction of sp³-hybridized carbons (Fsp3) is 0.562. The van der Waals surface area contributed by atoms with Gasteiger partial charge in [-0.25, -0.2) is 13.2 Å². The van der Waals surface area contributed by atoms with E-state index in [1.807, 2.05) is 12.1 Å². The van der Waals surface area contributed by atoms with Crippen LogP contribution in [0.3, 0.4) is 0 Å². The standard InChI is InChI=1S/C32H43ClN4O6S/c33-25-12-9-23(10-13-25)29(24-15-19-43-20-16-24)30(36-32(39)40)31(38)35-28-8-4-5-22(28)11-14-26-21-34-17-18-37(26)44(41,42)27-6-2-1-3-7-27/h1-3,6-7,9-10,12-13,22,24,26,28-30,34,36H,4-5,8,11,14-21H2,(H,35,38)(H,39,40)/t22?,26-,28?,29-,30-/m0/s1. The molecule has 1 aliphatic carbocycles. The minimum Gasteiger partial charge on any atom is -0.465 e. The molecule has 3 fully saturated rings. The largest absolute Gasteiger partial charge is 0.465 e. The summed E-state index contributed by atoms with van der Waals surface area (Å²) in [6.07, 6.45) is 4.30.